The molecule has 0 bridgehead atoms. The first-order valence-electron chi connectivity index (χ1n) is 5.06. The minimum Gasteiger partial charge on any atom is -0.447 e. The fraction of sp³-hybridized carbons (Fsp3) is 0.300. The van der Waals surface area contributed by atoms with Gasteiger partial charge in [0.1, 0.15) is 6.61 Å². The molecule has 0 aliphatic heterocycles. The molecular weight excluding hydrogens is 260 g/mol. The van der Waals surface area contributed by atoms with Gasteiger partial charge in [0.15, 0.2) is 0 Å². The van der Waals surface area contributed by atoms with Crippen LogP contribution in [0.25, 0.3) is 0 Å². The van der Waals surface area contributed by atoms with Crippen LogP contribution in [0.5, 0.6) is 0 Å². The number of alkyl carbamates (subject to hydrolysis) is 1. The lowest BCUT2D eigenvalue weighted by Crippen LogP contribution is -2.25. The molecule has 18 heavy (non-hydrogen) atoms. The van der Waals surface area contributed by atoms with Gasteiger partial charge in [0.25, 0.3) is 0 Å². The van der Waals surface area contributed by atoms with E-state index in [9.17, 15) is 13.2 Å². The number of hydrogen-bond acceptors (Lipinski definition) is 5. The maximum atomic E-state index is 11.1. The molecule has 0 saturated carbocycles. The van der Waals surface area contributed by atoms with E-state index in [4.69, 9.17) is 10.2 Å². The Labute approximate surface area is 105 Å². The standard InChI is InChI=1S/C10H14N2O5S/c11-18(15,16)9-3-1-2-8(6-9)7-12-10(14)17-5-4-13/h1-3,6,13H,4-5,7H2,(H,12,14)(H2,11,15,16). The molecule has 1 aromatic rings. The Morgan fingerprint density at radius 2 is 2.17 bits per heavy atom. The fourth-order valence-electron chi connectivity index (χ4n) is 1.20. The Kier molecular flexibility index (Phi) is 5.08. The van der Waals surface area contributed by atoms with Crippen molar-refractivity contribution < 1.29 is 23.1 Å². The third-order valence-electron chi connectivity index (χ3n) is 1.99. The van der Waals surface area contributed by atoms with Crippen molar-refractivity contribution in [2.24, 2.45) is 5.14 Å². The van der Waals surface area contributed by atoms with Crippen molar-refractivity contribution in [3.8, 4) is 0 Å². The number of primary sulfonamides is 1. The predicted octanol–water partition coefficient (Wildman–Crippen LogP) is -0.447. The zero-order valence-electron chi connectivity index (χ0n) is 9.50. The highest BCUT2D eigenvalue weighted by Gasteiger charge is 2.08. The smallest absolute Gasteiger partial charge is 0.407 e. The molecule has 7 nitrogen and oxygen atoms in total. The van der Waals surface area contributed by atoms with Gasteiger partial charge in [-0.1, -0.05) is 12.1 Å². The monoisotopic (exact) mass is 274 g/mol. The molecule has 100 valence electrons. The second kappa shape index (κ2) is 6.34. The largest absolute Gasteiger partial charge is 0.447 e. The van der Waals surface area contributed by atoms with E-state index in [2.05, 4.69) is 10.1 Å². The normalized spacial score (nSPS) is 11.0. The van der Waals surface area contributed by atoms with Crippen molar-refractivity contribution in [1.29, 1.82) is 0 Å². The number of sulfonamides is 1. The first-order chi connectivity index (χ1) is 8.43. The number of nitrogens with one attached hydrogen (secondary N) is 1. The third kappa shape index (κ3) is 4.70. The molecule has 0 spiro atoms. The van der Waals surface area contributed by atoms with Gasteiger partial charge in [0, 0.05) is 6.54 Å². The summed E-state index contributed by atoms with van der Waals surface area (Å²) in [5, 5.41) is 15.8. The summed E-state index contributed by atoms with van der Waals surface area (Å²) in [6.07, 6.45) is -0.690. The van der Waals surface area contributed by atoms with E-state index in [-0.39, 0.29) is 24.7 Å². The Bertz CT molecular complexity index is 515. The van der Waals surface area contributed by atoms with Crippen molar-refractivity contribution >= 4 is 16.1 Å². The average molecular weight is 274 g/mol. The van der Waals surface area contributed by atoms with E-state index in [1.807, 2.05) is 0 Å². The van der Waals surface area contributed by atoms with Gasteiger partial charge in [-0.2, -0.15) is 0 Å². The fourth-order valence-corrected chi connectivity index (χ4v) is 1.78. The molecule has 0 aliphatic carbocycles. The van der Waals surface area contributed by atoms with Gasteiger partial charge >= 0.3 is 6.09 Å². The van der Waals surface area contributed by atoms with E-state index in [1.165, 1.54) is 18.2 Å². The van der Waals surface area contributed by atoms with E-state index < -0.39 is 16.1 Å². The number of nitrogens with two attached hydrogens (primary N) is 1. The lowest BCUT2D eigenvalue weighted by molar-refractivity contribution is 0.119. The molecule has 0 unspecified atom stereocenters. The summed E-state index contributed by atoms with van der Waals surface area (Å²) in [6, 6.07) is 5.89. The topological polar surface area (TPSA) is 119 Å². The highest BCUT2D eigenvalue weighted by Crippen LogP contribution is 2.09. The van der Waals surface area contributed by atoms with Crippen LogP contribution in [0.4, 0.5) is 4.79 Å². The van der Waals surface area contributed by atoms with Crippen LogP contribution in [0.1, 0.15) is 5.56 Å². The summed E-state index contributed by atoms with van der Waals surface area (Å²) in [4.78, 5) is 11.0. The minimum absolute atomic E-state index is 0.0227. The number of amides is 1. The summed E-state index contributed by atoms with van der Waals surface area (Å²) in [5.41, 5.74) is 0.572. The van der Waals surface area contributed by atoms with Gasteiger partial charge in [0.05, 0.1) is 11.5 Å². The molecule has 4 N–H and O–H groups in total. The molecule has 1 amide bonds. The van der Waals surface area contributed by atoms with E-state index >= 15 is 0 Å². The van der Waals surface area contributed by atoms with Crippen LogP contribution in [0.3, 0.4) is 0 Å². The Morgan fingerprint density at radius 3 is 2.78 bits per heavy atom. The molecule has 0 radical (unpaired) electrons. The number of carbonyl (C=O) groups excluding carboxylic acids is 1. The van der Waals surface area contributed by atoms with Gasteiger partial charge in [0.2, 0.25) is 10.0 Å². The number of carbonyl (C=O) groups is 1. The Morgan fingerprint density at radius 1 is 1.44 bits per heavy atom. The summed E-state index contributed by atoms with van der Waals surface area (Å²) in [5.74, 6) is 0. The molecular formula is C10H14N2O5S. The van der Waals surface area contributed by atoms with Crippen molar-refractivity contribution in [2.45, 2.75) is 11.4 Å². The van der Waals surface area contributed by atoms with Crippen LogP contribution in [-0.2, 0) is 21.3 Å². The number of benzene rings is 1. The van der Waals surface area contributed by atoms with Crippen molar-refractivity contribution in [2.75, 3.05) is 13.2 Å². The highest BCUT2D eigenvalue weighted by molar-refractivity contribution is 7.89. The van der Waals surface area contributed by atoms with Crippen molar-refractivity contribution in [3.63, 3.8) is 0 Å². The van der Waals surface area contributed by atoms with Gasteiger partial charge in [-0.25, -0.2) is 18.4 Å². The molecule has 0 aromatic heterocycles. The Hall–Kier alpha value is -1.64. The summed E-state index contributed by atoms with van der Waals surface area (Å²) in [7, 11) is -3.76. The average Bonchev–Trinajstić information content (AvgIpc) is 2.33. The zero-order valence-corrected chi connectivity index (χ0v) is 10.3. The minimum atomic E-state index is -3.76. The third-order valence-corrected chi connectivity index (χ3v) is 2.90. The maximum Gasteiger partial charge on any atom is 0.407 e. The van der Waals surface area contributed by atoms with Crippen molar-refractivity contribution in [3.05, 3.63) is 29.8 Å². The van der Waals surface area contributed by atoms with Gasteiger partial charge in [-0.3, -0.25) is 0 Å². The molecule has 0 fully saturated rings. The number of ether oxygens (including phenoxy) is 1. The van der Waals surface area contributed by atoms with Crippen LogP contribution >= 0.6 is 0 Å². The second-order valence-corrected chi connectivity index (χ2v) is 4.97. The molecule has 0 saturated heterocycles. The number of aliphatic hydroxyl groups is 1. The van der Waals surface area contributed by atoms with E-state index in [0.717, 1.165) is 0 Å². The van der Waals surface area contributed by atoms with Gasteiger partial charge in [-0.05, 0) is 17.7 Å². The summed E-state index contributed by atoms with van der Waals surface area (Å²) in [6.45, 7) is -0.245. The first kappa shape index (κ1) is 14.4. The summed E-state index contributed by atoms with van der Waals surface area (Å²) < 4.78 is 26.8. The lowest BCUT2D eigenvalue weighted by atomic mass is 10.2. The van der Waals surface area contributed by atoms with Crippen LogP contribution < -0.4 is 10.5 Å². The lowest BCUT2D eigenvalue weighted by Gasteiger charge is -2.06. The molecule has 1 rings (SSSR count). The summed E-state index contributed by atoms with van der Waals surface area (Å²) >= 11 is 0. The zero-order chi connectivity index (χ0) is 13.6. The molecule has 8 heteroatoms. The number of aliphatic hydroxyl groups excluding tert-OH is 1. The van der Waals surface area contributed by atoms with E-state index in [0.29, 0.717) is 5.56 Å². The predicted molar refractivity (Wildman–Crippen MR) is 63.1 cm³/mol. The van der Waals surface area contributed by atoms with Gasteiger partial charge < -0.3 is 15.2 Å². The van der Waals surface area contributed by atoms with Crippen molar-refractivity contribution in [1.82, 2.24) is 5.32 Å². The van der Waals surface area contributed by atoms with Gasteiger partial charge in [-0.15, -0.1) is 0 Å². The Balaban J connectivity index is 2.61. The molecule has 0 aliphatic rings. The maximum absolute atomic E-state index is 11.1. The molecule has 0 heterocycles. The van der Waals surface area contributed by atoms with Crippen LogP contribution in [-0.4, -0.2) is 32.8 Å². The molecule has 1 aromatic carbocycles. The second-order valence-electron chi connectivity index (χ2n) is 3.41. The highest BCUT2D eigenvalue weighted by atomic mass is 32.2. The molecule has 0 atom stereocenters. The van der Waals surface area contributed by atoms with Crippen LogP contribution in [0.15, 0.2) is 29.2 Å². The van der Waals surface area contributed by atoms with Crippen LogP contribution in [0, 0.1) is 0 Å². The first-order valence-corrected chi connectivity index (χ1v) is 6.61. The van der Waals surface area contributed by atoms with Crippen LogP contribution in [0.2, 0.25) is 0 Å². The number of rotatable bonds is 5. The quantitative estimate of drug-likeness (QED) is 0.672. The number of hydrogen-bond donors (Lipinski definition) is 3. The SMILES string of the molecule is NS(=O)(=O)c1cccc(CNC(=O)OCCO)c1. The van der Waals surface area contributed by atoms with E-state index in [1.54, 1.807) is 6.07 Å².